The largest absolute Gasteiger partial charge is 0.446 e. The van der Waals surface area contributed by atoms with E-state index in [1.165, 1.54) is 5.56 Å². The van der Waals surface area contributed by atoms with Gasteiger partial charge in [0, 0.05) is 50.9 Å². The fourth-order valence-corrected chi connectivity index (χ4v) is 6.04. The Morgan fingerprint density at radius 3 is 2.21 bits per heavy atom. The van der Waals surface area contributed by atoms with Gasteiger partial charge in [0.25, 0.3) is 5.91 Å². The second-order valence-electron chi connectivity index (χ2n) is 11.7. The maximum absolute atomic E-state index is 13.6. The molecule has 8 nitrogen and oxygen atoms in total. The molecular weight excluding hydrogens is 540 g/mol. The minimum atomic E-state index is -0.428. The van der Waals surface area contributed by atoms with Crippen molar-refractivity contribution in [3.63, 3.8) is 0 Å². The minimum absolute atomic E-state index is 0.0986. The maximum Gasteiger partial charge on any atom is 0.429 e. The molecule has 5 rings (SSSR count). The summed E-state index contributed by atoms with van der Waals surface area (Å²) < 4.78 is 11.7. The van der Waals surface area contributed by atoms with Crippen LogP contribution in [0, 0.1) is 0 Å². The standard InChI is InChI=1S/C35H44N4O4/c1-27-24-37(25-28(2)43-27)26-29-16-18-31(19-17-29)34(40)36(3)22-23-42-35(41)39(38-20-10-5-11-21-38)33-15-9-8-14-32(33)30-12-6-4-7-13-30/h4,6-9,12-19,27-28H,5,10-11,20-26H2,1-3H3. The van der Waals surface area contributed by atoms with Crippen molar-refractivity contribution in [2.45, 2.75) is 51.9 Å². The maximum atomic E-state index is 13.6. The molecule has 3 aromatic rings. The Morgan fingerprint density at radius 2 is 1.51 bits per heavy atom. The SMILES string of the molecule is CC1CN(Cc2ccc(C(=O)N(C)CCOC(=O)N(c3ccccc3-c3ccccc3)N3CCCCC3)cc2)CC(C)O1. The number of carbonyl (C=O) groups excluding carboxylic acids is 2. The second kappa shape index (κ2) is 14.6. The summed E-state index contributed by atoms with van der Waals surface area (Å²) in [6.07, 6.45) is 3.22. The van der Waals surface area contributed by atoms with Crippen LogP contribution in [0.4, 0.5) is 10.5 Å². The molecule has 8 heteroatoms. The number of rotatable bonds is 9. The molecular formula is C35H44N4O4. The van der Waals surface area contributed by atoms with E-state index in [1.54, 1.807) is 17.0 Å². The molecule has 0 spiro atoms. The first kappa shape index (κ1) is 30.7. The first-order chi connectivity index (χ1) is 20.9. The van der Waals surface area contributed by atoms with Gasteiger partial charge in [0.05, 0.1) is 24.4 Å². The molecule has 2 saturated heterocycles. The van der Waals surface area contributed by atoms with Crippen LogP contribution in [0.5, 0.6) is 0 Å². The zero-order valence-electron chi connectivity index (χ0n) is 25.7. The van der Waals surface area contributed by atoms with Gasteiger partial charge in [-0.2, -0.15) is 0 Å². The van der Waals surface area contributed by atoms with Crippen molar-refractivity contribution in [2.75, 3.05) is 51.4 Å². The molecule has 2 aliphatic rings. The van der Waals surface area contributed by atoms with Crippen molar-refractivity contribution in [3.8, 4) is 11.1 Å². The fourth-order valence-electron chi connectivity index (χ4n) is 6.04. The van der Waals surface area contributed by atoms with Crippen molar-refractivity contribution >= 4 is 17.7 Å². The lowest BCUT2D eigenvalue weighted by molar-refractivity contribution is -0.0704. The number of hydrogen-bond acceptors (Lipinski definition) is 6. The quantitative estimate of drug-likeness (QED) is 0.304. The number of nitrogens with zero attached hydrogens (tertiary/aromatic N) is 4. The highest BCUT2D eigenvalue weighted by molar-refractivity contribution is 5.94. The molecule has 0 aromatic heterocycles. The van der Waals surface area contributed by atoms with Crippen molar-refractivity contribution in [1.29, 1.82) is 0 Å². The predicted molar refractivity (Wildman–Crippen MR) is 170 cm³/mol. The molecule has 2 aliphatic heterocycles. The summed E-state index contributed by atoms with van der Waals surface area (Å²) in [5, 5.41) is 3.78. The van der Waals surface area contributed by atoms with Crippen molar-refractivity contribution < 1.29 is 19.1 Å². The van der Waals surface area contributed by atoms with E-state index in [-0.39, 0.29) is 24.7 Å². The van der Waals surface area contributed by atoms with Gasteiger partial charge in [-0.1, -0.05) is 67.1 Å². The highest BCUT2D eigenvalue weighted by Crippen LogP contribution is 2.33. The molecule has 0 radical (unpaired) electrons. The first-order valence-corrected chi connectivity index (χ1v) is 15.5. The molecule has 43 heavy (non-hydrogen) atoms. The summed E-state index contributed by atoms with van der Waals surface area (Å²) in [7, 11) is 1.74. The van der Waals surface area contributed by atoms with Gasteiger partial charge in [0.2, 0.25) is 0 Å². The summed E-state index contributed by atoms with van der Waals surface area (Å²) in [4.78, 5) is 30.8. The van der Waals surface area contributed by atoms with E-state index in [0.717, 1.165) is 68.8 Å². The summed E-state index contributed by atoms with van der Waals surface area (Å²) >= 11 is 0. The Hall–Kier alpha value is -3.72. The van der Waals surface area contributed by atoms with Crippen molar-refractivity contribution in [2.24, 2.45) is 0 Å². The van der Waals surface area contributed by atoms with Crippen molar-refractivity contribution in [3.05, 3.63) is 90.0 Å². The lowest BCUT2D eigenvalue weighted by atomic mass is 10.0. The van der Waals surface area contributed by atoms with Gasteiger partial charge >= 0.3 is 6.09 Å². The molecule has 2 atom stereocenters. The minimum Gasteiger partial charge on any atom is -0.446 e. The molecule has 2 amide bonds. The number of likely N-dealkylation sites (N-methyl/N-ethyl adjacent to an activating group) is 1. The average molecular weight is 585 g/mol. The molecule has 3 aromatic carbocycles. The molecule has 228 valence electrons. The number of hydrogen-bond donors (Lipinski definition) is 0. The van der Waals surface area contributed by atoms with Gasteiger partial charge in [-0.3, -0.25) is 9.69 Å². The van der Waals surface area contributed by atoms with E-state index in [2.05, 4.69) is 35.9 Å². The molecule has 0 saturated carbocycles. The Bertz CT molecular complexity index is 1330. The average Bonchev–Trinajstić information content (AvgIpc) is 3.02. The van der Waals surface area contributed by atoms with Crippen LogP contribution in [-0.4, -0.2) is 85.4 Å². The topological polar surface area (TPSA) is 65.6 Å². The van der Waals surface area contributed by atoms with E-state index >= 15 is 0 Å². The zero-order chi connectivity index (χ0) is 30.2. The Labute approximate surface area is 255 Å². The van der Waals surface area contributed by atoms with Crippen LogP contribution in [0.1, 0.15) is 49.0 Å². The molecule has 2 unspecified atom stereocenters. The van der Waals surface area contributed by atoms with E-state index in [1.807, 2.05) is 66.7 Å². The van der Waals surface area contributed by atoms with Crippen LogP contribution >= 0.6 is 0 Å². The third-order valence-electron chi connectivity index (χ3n) is 8.11. The van der Waals surface area contributed by atoms with Gasteiger partial charge in [-0.05, 0) is 56.0 Å². The third kappa shape index (κ3) is 8.02. The number of morpholine rings is 1. The zero-order valence-corrected chi connectivity index (χ0v) is 25.7. The second-order valence-corrected chi connectivity index (χ2v) is 11.7. The number of benzene rings is 3. The fraction of sp³-hybridized carbons (Fsp3) is 0.429. The van der Waals surface area contributed by atoms with E-state index in [9.17, 15) is 9.59 Å². The van der Waals surface area contributed by atoms with E-state index in [0.29, 0.717) is 12.1 Å². The van der Waals surface area contributed by atoms with Gasteiger partial charge in [-0.25, -0.2) is 14.8 Å². The van der Waals surface area contributed by atoms with E-state index in [4.69, 9.17) is 9.47 Å². The summed E-state index contributed by atoms with van der Waals surface area (Å²) in [6.45, 7) is 8.82. The lowest BCUT2D eigenvalue weighted by Gasteiger charge is -2.37. The lowest BCUT2D eigenvalue weighted by Crippen LogP contribution is -2.50. The summed E-state index contributed by atoms with van der Waals surface area (Å²) in [6, 6.07) is 25.8. The van der Waals surface area contributed by atoms with Crippen molar-refractivity contribution in [1.82, 2.24) is 14.8 Å². The Morgan fingerprint density at radius 1 is 0.860 bits per heavy atom. The summed E-state index contributed by atoms with van der Waals surface area (Å²) in [5.41, 5.74) is 4.60. The van der Waals surface area contributed by atoms with Gasteiger partial charge in [0.15, 0.2) is 0 Å². The van der Waals surface area contributed by atoms with Crippen LogP contribution < -0.4 is 5.01 Å². The van der Waals surface area contributed by atoms with Crippen LogP contribution in [0.3, 0.4) is 0 Å². The van der Waals surface area contributed by atoms with Gasteiger partial charge in [0.1, 0.15) is 6.61 Å². The van der Waals surface area contributed by atoms with Crippen LogP contribution in [0.15, 0.2) is 78.9 Å². The normalized spacial score (nSPS) is 19.5. The smallest absolute Gasteiger partial charge is 0.429 e. The number of hydrazine groups is 1. The number of amides is 2. The number of anilines is 1. The molecule has 0 bridgehead atoms. The highest BCUT2D eigenvalue weighted by Gasteiger charge is 2.29. The highest BCUT2D eigenvalue weighted by atomic mass is 16.6. The third-order valence-corrected chi connectivity index (χ3v) is 8.11. The molecule has 0 N–H and O–H groups in total. The summed E-state index contributed by atoms with van der Waals surface area (Å²) in [5.74, 6) is -0.0986. The number of para-hydroxylation sites is 1. The molecule has 0 aliphatic carbocycles. The predicted octanol–water partition coefficient (Wildman–Crippen LogP) is 6.08. The molecule has 2 fully saturated rings. The van der Waals surface area contributed by atoms with E-state index < -0.39 is 6.09 Å². The van der Waals surface area contributed by atoms with Crippen LogP contribution in [-0.2, 0) is 16.0 Å². The Kier molecular flexibility index (Phi) is 10.5. The monoisotopic (exact) mass is 584 g/mol. The first-order valence-electron chi connectivity index (χ1n) is 15.5. The Balaban J connectivity index is 1.20. The number of piperidine rings is 1. The van der Waals surface area contributed by atoms with Crippen LogP contribution in [0.25, 0.3) is 11.1 Å². The number of ether oxygens (including phenoxy) is 2. The van der Waals surface area contributed by atoms with Crippen LogP contribution in [0.2, 0.25) is 0 Å². The van der Waals surface area contributed by atoms with Gasteiger partial charge < -0.3 is 14.4 Å². The van der Waals surface area contributed by atoms with Gasteiger partial charge in [-0.15, -0.1) is 0 Å². The molecule has 2 heterocycles. The number of carbonyl (C=O) groups is 2.